The van der Waals surface area contributed by atoms with Crippen molar-refractivity contribution in [2.75, 3.05) is 6.61 Å². The Balaban J connectivity index is 2.61. The summed E-state index contributed by atoms with van der Waals surface area (Å²) in [4.78, 5) is 23.4. The molecule has 1 unspecified atom stereocenters. The fraction of sp³-hybridized carbons (Fsp3) is 0.444. The van der Waals surface area contributed by atoms with Crippen molar-refractivity contribution >= 4 is 12.1 Å². The van der Waals surface area contributed by atoms with Gasteiger partial charge >= 0.3 is 12.1 Å². The van der Waals surface area contributed by atoms with Crippen molar-refractivity contribution in [1.82, 2.24) is 5.32 Å². The second-order valence-corrected chi connectivity index (χ2v) is 5.58. The fourth-order valence-corrected chi connectivity index (χ4v) is 1.96. The van der Waals surface area contributed by atoms with Crippen molar-refractivity contribution in [2.45, 2.75) is 39.9 Å². The summed E-state index contributed by atoms with van der Waals surface area (Å²) in [7, 11) is 0. The molecule has 1 rings (SSSR count). The zero-order chi connectivity index (χ0) is 17.9. The van der Waals surface area contributed by atoms with Crippen molar-refractivity contribution < 1.29 is 24.2 Å². The van der Waals surface area contributed by atoms with Crippen LogP contribution >= 0.6 is 0 Å². The maximum Gasteiger partial charge on any atom is 0.411 e. The molecule has 0 aliphatic rings. The lowest BCUT2D eigenvalue weighted by atomic mass is 10.1. The van der Waals surface area contributed by atoms with Crippen molar-refractivity contribution in [2.24, 2.45) is 5.92 Å². The van der Waals surface area contributed by atoms with Crippen LogP contribution in [0.2, 0.25) is 0 Å². The average molecular weight is 335 g/mol. The zero-order valence-corrected chi connectivity index (χ0v) is 14.3. The lowest BCUT2D eigenvalue weighted by molar-refractivity contribution is -0.144. The van der Waals surface area contributed by atoms with Gasteiger partial charge in [0.05, 0.1) is 13.0 Å². The van der Waals surface area contributed by atoms with Crippen molar-refractivity contribution in [3.05, 3.63) is 47.7 Å². The van der Waals surface area contributed by atoms with Gasteiger partial charge in [-0.15, -0.1) is 0 Å². The molecule has 1 aromatic carbocycles. The first-order valence-electron chi connectivity index (χ1n) is 7.95. The number of ether oxygens (including phenoxy) is 2. The molecular formula is C18H25NO5. The molecule has 0 saturated heterocycles. The maximum atomic E-state index is 11.9. The van der Waals surface area contributed by atoms with Crippen molar-refractivity contribution in [3.8, 4) is 0 Å². The molecule has 0 saturated carbocycles. The highest BCUT2D eigenvalue weighted by molar-refractivity contribution is 5.72. The zero-order valence-electron chi connectivity index (χ0n) is 14.3. The van der Waals surface area contributed by atoms with Gasteiger partial charge in [-0.25, -0.2) is 4.79 Å². The number of allylic oxidation sites excluding steroid dienone is 1. The van der Waals surface area contributed by atoms with Crippen molar-refractivity contribution in [1.29, 1.82) is 0 Å². The Morgan fingerprint density at radius 1 is 1.21 bits per heavy atom. The highest BCUT2D eigenvalue weighted by atomic mass is 16.5. The lowest BCUT2D eigenvalue weighted by Crippen LogP contribution is -2.32. The Hall–Kier alpha value is -2.34. The van der Waals surface area contributed by atoms with Crippen LogP contribution in [0.25, 0.3) is 0 Å². The van der Waals surface area contributed by atoms with Gasteiger partial charge in [-0.1, -0.05) is 50.3 Å². The van der Waals surface area contributed by atoms with Gasteiger partial charge in [0.25, 0.3) is 0 Å². The molecule has 24 heavy (non-hydrogen) atoms. The predicted molar refractivity (Wildman–Crippen MR) is 89.9 cm³/mol. The summed E-state index contributed by atoms with van der Waals surface area (Å²) in [6.45, 7) is 5.84. The van der Waals surface area contributed by atoms with Gasteiger partial charge in [-0.3, -0.25) is 10.1 Å². The lowest BCUT2D eigenvalue weighted by Gasteiger charge is -2.17. The van der Waals surface area contributed by atoms with E-state index in [1.54, 1.807) is 13.0 Å². The Kier molecular flexibility index (Phi) is 8.57. The molecule has 2 N–H and O–H groups in total. The third-order valence-corrected chi connectivity index (χ3v) is 3.00. The molecule has 0 aromatic heterocycles. The van der Waals surface area contributed by atoms with Gasteiger partial charge in [0.2, 0.25) is 0 Å². The van der Waals surface area contributed by atoms with Crippen LogP contribution in [0.15, 0.2) is 42.1 Å². The summed E-state index contributed by atoms with van der Waals surface area (Å²) in [5.41, 5.74) is 1.09. The number of nitrogens with one attached hydrogen (secondary N) is 1. The molecular weight excluding hydrogens is 310 g/mol. The van der Waals surface area contributed by atoms with Crippen LogP contribution in [-0.4, -0.2) is 29.9 Å². The molecule has 0 aliphatic heterocycles. The van der Waals surface area contributed by atoms with E-state index in [-0.39, 0.29) is 31.2 Å². The summed E-state index contributed by atoms with van der Waals surface area (Å²) < 4.78 is 9.93. The molecule has 6 heteroatoms. The number of carbonyl (C=O) groups excluding carboxylic acids is 2. The molecule has 0 radical (unpaired) electrons. The summed E-state index contributed by atoms with van der Waals surface area (Å²) in [6, 6.07) is 9.26. The number of esters is 1. The first kappa shape index (κ1) is 19.7. The minimum atomic E-state index is -1.16. The number of alkyl carbamates (subject to hydrolysis) is 1. The third-order valence-electron chi connectivity index (χ3n) is 3.00. The highest BCUT2D eigenvalue weighted by Crippen LogP contribution is 2.10. The number of amides is 1. The number of hydrogen-bond donors (Lipinski definition) is 2. The van der Waals surface area contributed by atoms with E-state index in [4.69, 9.17) is 9.47 Å². The van der Waals surface area contributed by atoms with Crippen LogP contribution in [0, 0.1) is 5.92 Å². The van der Waals surface area contributed by atoms with Gasteiger partial charge < -0.3 is 14.6 Å². The SMILES string of the molecule is CCOC(=O)CC(O)/C(=C/C(C)C)NC(=O)OCc1ccccc1. The Labute approximate surface area is 142 Å². The molecule has 0 heterocycles. The van der Waals surface area contributed by atoms with Gasteiger partial charge in [-0.2, -0.15) is 0 Å². The minimum absolute atomic E-state index is 0.0752. The second kappa shape index (κ2) is 10.4. The van der Waals surface area contributed by atoms with Crippen LogP contribution in [-0.2, 0) is 20.9 Å². The Morgan fingerprint density at radius 2 is 1.88 bits per heavy atom. The Bertz CT molecular complexity index is 554. The van der Waals surface area contributed by atoms with Gasteiger partial charge in [0, 0.05) is 5.70 Å². The first-order chi connectivity index (χ1) is 11.4. The van der Waals surface area contributed by atoms with Crippen molar-refractivity contribution in [3.63, 3.8) is 0 Å². The highest BCUT2D eigenvalue weighted by Gasteiger charge is 2.19. The number of carbonyl (C=O) groups is 2. The molecule has 6 nitrogen and oxygen atoms in total. The number of aliphatic hydroxyl groups excluding tert-OH is 1. The molecule has 0 spiro atoms. The number of aliphatic hydroxyl groups is 1. The van der Waals surface area contributed by atoms with E-state index < -0.39 is 18.2 Å². The molecule has 0 aliphatic carbocycles. The van der Waals surface area contributed by atoms with E-state index in [2.05, 4.69) is 5.32 Å². The Morgan fingerprint density at radius 3 is 2.46 bits per heavy atom. The molecule has 1 aromatic rings. The van der Waals surface area contributed by atoms with Gasteiger partial charge in [0.15, 0.2) is 0 Å². The summed E-state index contributed by atoms with van der Waals surface area (Å²) in [5.74, 6) is -0.453. The molecule has 132 valence electrons. The summed E-state index contributed by atoms with van der Waals surface area (Å²) in [6.07, 6.45) is -0.400. The van der Waals surface area contributed by atoms with Crippen LogP contribution in [0.5, 0.6) is 0 Å². The van der Waals surface area contributed by atoms with Crippen LogP contribution in [0.4, 0.5) is 4.79 Å². The molecule has 0 fully saturated rings. The molecule has 0 bridgehead atoms. The van der Waals surface area contributed by atoms with Gasteiger partial charge in [-0.05, 0) is 18.4 Å². The average Bonchev–Trinajstić information content (AvgIpc) is 2.53. The van der Waals surface area contributed by atoms with Crippen LogP contribution < -0.4 is 5.32 Å². The van der Waals surface area contributed by atoms with Gasteiger partial charge in [0.1, 0.15) is 12.7 Å². The molecule has 1 atom stereocenters. The fourth-order valence-electron chi connectivity index (χ4n) is 1.96. The van der Waals surface area contributed by atoms with Crippen LogP contribution in [0.3, 0.4) is 0 Å². The normalized spacial score (nSPS) is 12.6. The standard InChI is InChI=1S/C18H25NO5/c1-4-23-17(21)11-16(20)15(10-13(2)3)19-18(22)24-12-14-8-6-5-7-9-14/h5-10,13,16,20H,4,11-12H2,1-3H3,(H,19,22)/b15-10-. The second-order valence-electron chi connectivity index (χ2n) is 5.58. The van der Waals surface area contributed by atoms with E-state index in [9.17, 15) is 14.7 Å². The van der Waals surface area contributed by atoms with E-state index in [1.165, 1.54) is 0 Å². The smallest absolute Gasteiger partial charge is 0.411 e. The molecule has 1 amide bonds. The number of rotatable bonds is 8. The number of hydrogen-bond acceptors (Lipinski definition) is 5. The topological polar surface area (TPSA) is 84.9 Å². The maximum absolute atomic E-state index is 11.9. The van der Waals surface area contributed by atoms with Crippen LogP contribution in [0.1, 0.15) is 32.8 Å². The van der Waals surface area contributed by atoms with E-state index in [1.807, 2.05) is 44.2 Å². The summed E-state index contributed by atoms with van der Waals surface area (Å²) in [5, 5.41) is 12.7. The quantitative estimate of drug-likeness (QED) is 0.714. The largest absolute Gasteiger partial charge is 0.466 e. The minimum Gasteiger partial charge on any atom is -0.466 e. The predicted octanol–water partition coefficient (Wildman–Crippen LogP) is 2.77. The van der Waals surface area contributed by atoms with E-state index in [0.717, 1.165) is 5.56 Å². The summed E-state index contributed by atoms with van der Waals surface area (Å²) >= 11 is 0. The monoisotopic (exact) mass is 335 g/mol. The number of benzene rings is 1. The van der Waals surface area contributed by atoms with E-state index >= 15 is 0 Å². The van der Waals surface area contributed by atoms with E-state index in [0.29, 0.717) is 0 Å². The first-order valence-corrected chi connectivity index (χ1v) is 7.95. The third kappa shape index (κ3) is 7.78.